The zero-order valence-corrected chi connectivity index (χ0v) is 19.4. The van der Waals surface area contributed by atoms with Crippen LogP contribution in [0.4, 0.5) is 5.82 Å². The van der Waals surface area contributed by atoms with Gasteiger partial charge in [0.25, 0.3) is 0 Å². The van der Waals surface area contributed by atoms with Gasteiger partial charge in [-0.3, -0.25) is 9.48 Å². The molecule has 1 saturated heterocycles. The van der Waals surface area contributed by atoms with Crippen molar-refractivity contribution in [2.45, 2.75) is 62.2 Å². The molecule has 31 heavy (non-hydrogen) atoms. The second-order valence-corrected chi connectivity index (χ2v) is 11.0. The summed E-state index contributed by atoms with van der Waals surface area (Å²) in [7, 11) is -3.47. The molecule has 8 nitrogen and oxygen atoms in total. The smallest absolute Gasteiger partial charge is 0.233 e. The van der Waals surface area contributed by atoms with Crippen molar-refractivity contribution in [2.75, 3.05) is 18.2 Å². The largest absolute Gasteiger partial charge is 0.389 e. The van der Waals surface area contributed by atoms with E-state index in [1.165, 1.54) is 12.1 Å². The first kappa shape index (κ1) is 23.7. The van der Waals surface area contributed by atoms with Crippen molar-refractivity contribution in [1.29, 1.82) is 0 Å². The van der Waals surface area contributed by atoms with E-state index < -0.39 is 21.4 Å². The molecule has 1 amide bonds. The molecular formula is C21H28ClN3O5S. The molecule has 2 aromatic rings. The normalized spacial score (nSPS) is 18.2. The quantitative estimate of drug-likeness (QED) is 0.614. The van der Waals surface area contributed by atoms with E-state index in [9.17, 15) is 18.3 Å². The van der Waals surface area contributed by atoms with Gasteiger partial charge in [0.15, 0.2) is 15.7 Å². The lowest BCUT2D eigenvalue weighted by Gasteiger charge is -2.21. The van der Waals surface area contributed by atoms with Crippen molar-refractivity contribution in [3.63, 3.8) is 0 Å². The van der Waals surface area contributed by atoms with Gasteiger partial charge in [-0.1, -0.05) is 17.7 Å². The number of aromatic nitrogens is 2. The summed E-state index contributed by atoms with van der Waals surface area (Å²) in [6, 6.07) is 6.24. The van der Waals surface area contributed by atoms with Gasteiger partial charge in [-0.05, 0) is 50.8 Å². The molecule has 1 unspecified atom stereocenters. The van der Waals surface area contributed by atoms with Crippen molar-refractivity contribution >= 4 is 33.2 Å². The first-order valence-electron chi connectivity index (χ1n) is 10.1. The van der Waals surface area contributed by atoms with Gasteiger partial charge in [0.2, 0.25) is 5.91 Å². The summed E-state index contributed by atoms with van der Waals surface area (Å²) in [4.78, 5) is 13.2. The number of nitrogens with one attached hydrogen (secondary N) is 1. The Labute approximate surface area is 187 Å². The Kier molecular flexibility index (Phi) is 7.10. The highest BCUT2D eigenvalue weighted by Gasteiger charge is 2.29. The van der Waals surface area contributed by atoms with Gasteiger partial charge in [-0.2, -0.15) is 5.10 Å². The van der Waals surface area contributed by atoms with Gasteiger partial charge in [-0.25, -0.2) is 8.42 Å². The summed E-state index contributed by atoms with van der Waals surface area (Å²) in [6.45, 7) is 4.29. The molecule has 0 spiro atoms. The fraction of sp³-hybridized carbons (Fsp3) is 0.524. The fourth-order valence-electron chi connectivity index (χ4n) is 3.65. The number of anilines is 1. The molecular weight excluding hydrogens is 442 g/mol. The summed E-state index contributed by atoms with van der Waals surface area (Å²) in [6.07, 6.45) is 4.96. The highest BCUT2D eigenvalue weighted by Crippen LogP contribution is 2.32. The third kappa shape index (κ3) is 6.52. The number of nitrogens with zero attached hydrogens (tertiary/aromatic N) is 2. The number of aliphatic hydroxyl groups is 1. The molecule has 2 N–H and O–H groups in total. The number of sulfone groups is 1. The van der Waals surface area contributed by atoms with Crippen LogP contribution in [0.3, 0.4) is 0 Å². The Morgan fingerprint density at radius 3 is 2.74 bits per heavy atom. The van der Waals surface area contributed by atoms with E-state index in [-0.39, 0.29) is 28.5 Å². The van der Waals surface area contributed by atoms with Crippen LogP contribution in [0.5, 0.6) is 0 Å². The van der Waals surface area contributed by atoms with E-state index in [0.29, 0.717) is 24.4 Å². The first-order valence-corrected chi connectivity index (χ1v) is 12.4. The van der Waals surface area contributed by atoms with E-state index in [0.717, 1.165) is 19.1 Å². The van der Waals surface area contributed by atoms with Crippen molar-refractivity contribution in [1.82, 2.24) is 9.78 Å². The molecule has 0 saturated carbocycles. The molecule has 170 valence electrons. The van der Waals surface area contributed by atoms with Crippen molar-refractivity contribution in [3.05, 3.63) is 41.0 Å². The first-order chi connectivity index (χ1) is 14.4. The lowest BCUT2D eigenvalue weighted by molar-refractivity contribution is -0.118. The number of carbonyl (C=O) groups is 1. The van der Waals surface area contributed by atoms with E-state index in [1.807, 2.05) is 0 Å². The second kappa shape index (κ2) is 9.28. The van der Waals surface area contributed by atoms with Crippen LogP contribution < -0.4 is 5.32 Å². The molecule has 0 bridgehead atoms. The Balaban J connectivity index is 1.83. The minimum Gasteiger partial charge on any atom is -0.389 e. The highest BCUT2D eigenvalue weighted by molar-refractivity contribution is 7.90. The number of halogens is 1. The van der Waals surface area contributed by atoms with Crippen LogP contribution in [0.2, 0.25) is 5.02 Å². The van der Waals surface area contributed by atoms with Crippen LogP contribution in [0.25, 0.3) is 0 Å². The van der Waals surface area contributed by atoms with E-state index in [1.54, 1.807) is 36.9 Å². The van der Waals surface area contributed by atoms with Gasteiger partial charge in [-0.15, -0.1) is 0 Å². The number of ether oxygens (including phenoxy) is 1. The minimum atomic E-state index is -3.47. The van der Waals surface area contributed by atoms with E-state index in [4.69, 9.17) is 16.3 Å². The van der Waals surface area contributed by atoms with Crippen molar-refractivity contribution in [3.8, 4) is 0 Å². The summed E-state index contributed by atoms with van der Waals surface area (Å²) >= 11 is 6.22. The fourth-order valence-corrected chi connectivity index (χ4v) is 4.99. The van der Waals surface area contributed by atoms with Crippen LogP contribution >= 0.6 is 11.6 Å². The van der Waals surface area contributed by atoms with E-state index in [2.05, 4.69) is 10.4 Å². The van der Waals surface area contributed by atoms with Gasteiger partial charge in [0.05, 0.1) is 34.1 Å². The molecule has 2 atom stereocenters. The maximum Gasteiger partial charge on any atom is 0.233 e. The number of carbonyl (C=O) groups excluding carboxylic acids is 1. The summed E-state index contributed by atoms with van der Waals surface area (Å²) in [5.74, 6) is -0.508. The zero-order chi connectivity index (χ0) is 22.8. The molecule has 0 aliphatic carbocycles. The SMILES string of the molecule is CC(C)(O)Cn1ccc(NC(=O)C(C[C@H]2CCCO2)c2ccc(S(C)(=O)=O)c(Cl)c2)n1. The summed E-state index contributed by atoms with van der Waals surface area (Å²) in [5.41, 5.74) is -0.324. The topological polar surface area (TPSA) is 111 Å². The van der Waals surface area contributed by atoms with Gasteiger partial charge in [0.1, 0.15) is 0 Å². The second-order valence-electron chi connectivity index (χ2n) is 8.59. The van der Waals surface area contributed by atoms with Crippen molar-refractivity contribution in [2.24, 2.45) is 0 Å². The molecule has 10 heteroatoms. The summed E-state index contributed by atoms with van der Waals surface area (Å²) < 4.78 is 31.0. The molecule has 1 aliphatic heterocycles. The van der Waals surface area contributed by atoms with Crippen LogP contribution in [0.15, 0.2) is 35.4 Å². The average molecular weight is 470 g/mol. The third-order valence-corrected chi connectivity index (χ3v) is 6.62. The van der Waals surface area contributed by atoms with Gasteiger partial charge < -0.3 is 15.2 Å². The molecule has 1 aromatic carbocycles. The van der Waals surface area contributed by atoms with Crippen LogP contribution in [-0.4, -0.2) is 53.8 Å². The van der Waals surface area contributed by atoms with Crippen LogP contribution in [0.1, 0.15) is 44.6 Å². The number of rotatable bonds is 8. The molecule has 1 aliphatic rings. The number of hydrogen-bond acceptors (Lipinski definition) is 6. The Morgan fingerprint density at radius 1 is 1.42 bits per heavy atom. The summed E-state index contributed by atoms with van der Waals surface area (Å²) in [5, 5.41) is 17.1. The zero-order valence-electron chi connectivity index (χ0n) is 17.8. The van der Waals surface area contributed by atoms with E-state index >= 15 is 0 Å². The lowest BCUT2D eigenvalue weighted by Crippen LogP contribution is -2.27. The predicted octanol–water partition coefficient (Wildman–Crippen LogP) is 3.00. The molecule has 1 fully saturated rings. The van der Waals surface area contributed by atoms with Gasteiger partial charge in [0, 0.05) is 25.1 Å². The minimum absolute atomic E-state index is 0.0274. The number of hydrogen-bond donors (Lipinski definition) is 2. The molecule has 2 heterocycles. The lowest BCUT2D eigenvalue weighted by atomic mass is 9.91. The van der Waals surface area contributed by atoms with Crippen LogP contribution in [-0.2, 0) is 25.9 Å². The molecule has 0 radical (unpaired) electrons. The highest BCUT2D eigenvalue weighted by atomic mass is 35.5. The Bertz CT molecular complexity index is 1040. The predicted molar refractivity (Wildman–Crippen MR) is 118 cm³/mol. The number of amides is 1. The monoisotopic (exact) mass is 469 g/mol. The average Bonchev–Trinajstić information content (AvgIpc) is 3.29. The van der Waals surface area contributed by atoms with Gasteiger partial charge >= 0.3 is 0 Å². The third-order valence-electron chi connectivity index (χ3n) is 5.04. The maximum absolute atomic E-state index is 13.2. The van der Waals surface area contributed by atoms with Crippen LogP contribution in [0, 0.1) is 0 Å². The standard InChI is InChI=1S/C21H28ClN3O5S/c1-21(2,27)13-25-9-8-19(24-25)23-20(26)16(12-15-5-4-10-30-15)14-6-7-18(17(22)11-14)31(3,28)29/h6-9,11,15-16,27H,4-5,10,12-13H2,1-3H3,(H,23,24,26)/t15-,16?/m1/s1. The Morgan fingerprint density at radius 2 is 2.16 bits per heavy atom. The Hall–Kier alpha value is -1.94. The molecule has 3 rings (SSSR count). The molecule has 1 aromatic heterocycles. The maximum atomic E-state index is 13.2. The number of benzene rings is 1. The van der Waals surface area contributed by atoms with Crippen molar-refractivity contribution < 1.29 is 23.1 Å².